The minimum Gasteiger partial charge on any atom is -0.497 e. The largest absolute Gasteiger partial charge is 0.497 e. The van der Waals surface area contributed by atoms with E-state index in [4.69, 9.17) is 4.74 Å². The van der Waals surface area contributed by atoms with E-state index in [9.17, 15) is 5.26 Å². The quantitative estimate of drug-likeness (QED) is 0.865. The van der Waals surface area contributed by atoms with Crippen molar-refractivity contribution in [3.8, 4) is 11.8 Å². The number of anilines is 1. The monoisotopic (exact) mass is 295 g/mol. The van der Waals surface area contributed by atoms with E-state index in [-0.39, 0.29) is 0 Å². The minimum absolute atomic E-state index is 0.649. The van der Waals surface area contributed by atoms with Crippen LogP contribution < -0.4 is 9.64 Å². The fourth-order valence-corrected chi connectivity index (χ4v) is 3.27. The highest BCUT2D eigenvalue weighted by atomic mass is 16.5. The zero-order chi connectivity index (χ0) is 15.5. The average Bonchev–Trinajstić information content (AvgIpc) is 2.60. The summed E-state index contributed by atoms with van der Waals surface area (Å²) in [5.74, 6) is 1.61. The Labute approximate surface area is 131 Å². The van der Waals surface area contributed by atoms with Gasteiger partial charge in [-0.2, -0.15) is 5.26 Å². The lowest BCUT2D eigenvalue weighted by atomic mass is 9.93. The van der Waals surface area contributed by atoms with Crippen molar-refractivity contribution in [3.05, 3.63) is 30.0 Å². The number of nitriles is 1. The van der Waals surface area contributed by atoms with Crippen LogP contribution >= 0.6 is 0 Å². The van der Waals surface area contributed by atoms with Crippen molar-refractivity contribution in [2.24, 2.45) is 5.92 Å². The molecule has 2 aromatic rings. The molecule has 4 nitrogen and oxygen atoms in total. The highest BCUT2D eigenvalue weighted by molar-refractivity contribution is 5.95. The van der Waals surface area contributed by atoms with Crippen LogP contribution in [0.5, 0.6) is 5.75 Å². The van der Waals surface area contributed by atoms with Crippen LogP contribution in [0.3, 0.4) is 0 Å². The lowest BCUT2D eigenvalue weighted by Crippen LogP contribution is -2.34. The van der Waals surface area contributed by atoms with Gasteiger partial charge in [-0.3, -0.25) is 4.98 Å². The molecular formula is C18H21N3O. The van der Waals surface area contributed by atoms with Gasteiger partial charge in [-0.15, -0.1) is 0 Å². The first kappa shape index (κ1) is 14.6. The maximum atomic E-state index is 9.49. The Morgan fingerprint density at radius 2 is 2.14 bits per heavy atom. The number of pyridine rings is 1. The van der Waals surface area contributed by atoms with Gasteiger partial charge in [0.2, 0.25) is 0 Å². The predicted octanol–water partition coefficient (Wildman–Crippen LogP) is 3.74. The van der Waals surface area contributed by atoms with E-state index in [1.807, 2.05) is 18.2 Å². The highest BCUT2D eigenvalue weighted by Gasteiger charge is 2.22. The third-order valence-electron chi connectivity index (χ3n) is 4.68. The van der Waals surface area contributed by atoms with Crippen LogP contribution in [0, 0.1) is 17.2 Å². The Morgan fingerprint density at radius 1 is 1.36 bits per heavy atom. The second-order valence-corrected chi connectivity index (χ2v) is 5.85. The summed E-state index contributed by atoms with van der Waals surface area (Å²) in [5, 5.41) is 10.5. The van der Waals surface area contributed by atoms with Crippen molar-refractivity contribution in [3.63, 3.8) is 0 Å². The van der Waals surface area contributed by atoms with Gasteiger partial charge < -0.3 is 9.64 Å². The molecule has 22 heavy (non-hydrogen) atoms. The van der Waals surface area contributed by atoms with Crippen LogP contribution in [0.25, 0.3) is 10.9 Å². The molecule has 1 fully saturated rings. The molecule has 0 saturated carbocycles. The summed E-state index contributed by atoms with van der Waals surface area (Å²) in [6.45, 7) is 4.26. The van der Waals surface area contributed by atoms with Crippen LogP contribution in [0.15, 0.2) is 24.4 Å². The second kappa shape index (κ2) is 6.23. The van der Waals surface area contributed by atoms with Crippen LogP contribution in [-0.4, -0.2) is 25.2 Å². The molecule has 1 saturated heterocycles. The van der Waals surface area contributed by atoms with Gasteiger partial charge in [0, 0.05) is 24.7 Å². The Bertz CT molecular complexity index is 712. The third kappa shape index (κ3) is 2.59. The Hall–Kier alpha value is -2.28. The minimum atomic E-state index is 0.649. The van der Waals surface area contributed by atoms with Crippen molar-refractivity contribution in [1.29, 1.82) is 5.26 Å². The van der Waals surface area contributed by atoms with E-state index in [0.717, 1.165) is 41.3 Å². The number of nitrogens with zero attached hydrogens (tertiary/aromatic N) is 3. The second-order valence-electron chi connectivity index (χ2n) is 5.85. The van der Waals surface area contributed by atoms with E-state index in [2.05, 4.69) is 22.9 Å². The topological polar surface area (TPSA) is 49.2 Å². The molecule has 0 N–H and O–H groups in total. The van der Waals surface area contributed by atoms with Gasteiger partial charge in [0.05, 0.1) is 23.9 Å². The highest BCUT2D eigenvalue weighted by Crippen LogP contribution is 2.34. The molecule has 1 aromatic carbocycles. The summed E-state index contributed by atoms with van der Waals surface area (Å²) in [7, 11) is 1.66. The van der Waals surface area contributed by atoms with Gasteiger partial charge in [0.15, 0.2) is 0 Å². The number of hydrogen-bond donors (Lipinski definition) is 0. The Kier molecular flexibility index (Phi) is 4.15. The molecule has 1 aromatic heterocycles. The van der Waals surface area contributed by atoms with Crippen molar-refractivity contribution >= 4 is 16.6 Å². The summed E-state index contributed by atoms with van der Waals surface area (Å²) >= 11 is 0. The molecule has 0 aliphatic carbocycles. The first-order valence-corrected chi connectivity index (χ1v) is 7.88. The molecule has 0 amide bonds. The predicted molar refractivity (Wildman–Crippen MR) is 88.2 cm³/mol. The van der Waals surface area contributed by atoms with Gasteiger partial charge in [0.1, 0.15) is 11.8 Å². The van der Waals surface area contributed by atoms with Gasteiger partial charge >= 0.3 is 0 Å². The van der Waals surface area contributed by atoms with E-state index in [1.54, 1.807) is 13.3 Å². The van der Waals surface area contributed by atoms with Gasteiger partial charge in [-0.1, -0.05) is 13.3 Å². The van der Waals surface area contributed by atoms with E-state index in [1.165, 1.54) is 19.3 Å². The third-order valence-corrected chi connectivity index (χ3v) is 4.68. The van der Waals surface area contributed by atoms with Crippen molar-refractivity contribution in [1.82, 2.24) is 4.98 Å². The molecule has 1 aliphatic rings. The number of benzene rings is 1. The fraction of sp³-hybridized carbons (Fsp3) is 0.444. The molecule has 0 radical (unpaired) electrons. The number of methoxy groups -OCH3 is 1. The smallest absolute Gasteiger partial charge is 0.119 e. The molecule has 114 valence electrons. The van der Waals surface area contributed by atoms with Crippen molar-refractivity contribution in [2.45, 2.75) is 26.2 Å². The molecule has 0 spiro atoms. The summed E-state index contributed by atoms with van der Waals surface area (Å²) in [5.41, 5.74) is 2.57. The number of rotatable bonds is 3. The van der Waals surface area contributed by atoms with Gasteiger partial charge in [-0.25, -0.2) is 0 Å². The SMILES string of the molecule is CCC1CCN(c2c(C#N)cnc3ccc(OC)cc23)CC1. The van der Waals surface area contributed by atoms with Crippen LogP contribution in [-0.2, 0) is 0 Å². The van der Waals surface area contributed by atoms with Crippen LogP contribution in [0.2, 0.25) is 0 Å². The van der Waals surface area contributed by atoms with Crippen molar-refractivity contribution < 1.29 is 4.74 Å². The molecule has 2 heterocycles. The van der Waals surface area contributed by atoms with Crippen LogP contribution in [0.1, 0.15) is 31.7 Å². The van der Waals surface area contributed by atoms with E-state index in [0.29, 0.717) is 5.56 Å². The standard InChI is InChI=1S/C18H21N3O/c1-3-13-6-8-21(9-7-13)18-14(11-19)12-20-17-5-4-15(22-2)10-16(17)18/h4-5,10,12-13H,3,6-9H2,1-2H3. The van der Waals surface area contributed by atoms with E-state index >= 15 is 0 Å². The summed E-state index contributed by atoms with van der Waals surface area (Å²) in [4.78, 5) is 6.75. The lowest BCUT2D eigenvalue weighted by molar-refractivity contribution is 0.395. The molecule has 3 rings (SSSR count). The van der Waals surface area contributed by atoms with Gasteiger partial charge in [0.25, 0.3) is 0 Å². The number of ether oxygens (including phenoxy) is 1. The van der Waals surface area contributed by atoms with Crippen LogP contribution in [0.4, 0.5) is 5.69 Å². The summed E-state index contributed by atoms with van der Waals surface area (Å²) in [6.07, 6.45) is 5.31. The Morgan fingerprint density at radius 3 is 2.77 bits per heavy atom. The molecule has 0 atom stereocenters. The molecular weight excluding hydrogens is 274 g/mol. The zero-order valence-electron chi connectivity index (χ0n) is 13.2. The zero-order valence-corrected chi connectivity index (χ0v) is 13.2. The number of aromatic nitrogens is 1. The molecule has 4 heteroatoms. The average molecular weight is 295 g/mol. The maximum Gasteiger partial charge on any atom is 0.119 e. The molecule has 0 bridgehead atoms. The van der Waals surface area contributed by atoms with E-state index < -0.39 is 0 Å². The normalized spacial score (nSPS) is 15.8. The lowest BCUT2D eigenvalue weighted by Gasteiger charge is -2.34. The maximum absolute atomic E-state index is 9.49. The number of hydrogen-bond acceptors (Lipinski definition) is 4. The number of piperidine rings is 1. The van der Waals surface area contributed by atoms with Gasteiger partial charge in [-0.05, 0) is 37.0 Å². The molecule has 0 unspecified atom stereocenters. The number of fused-ring (bicyclic) bond motifs is 1. The first-order chi connectivity index (χ1) is 10.8. The van der Waals surface area contributed by atoms with Crippen molar-refractivity contribution in [2.75, 3.05) is 25.1 Å². The first-order valence-electron chi connectivity index (χ1n) is 7.88. The summed E-state index contributed by atoms with van der Waals surface area (Å²) in [6, 6.07) is 8.16. The fourth-order valence-electron chi connectivity index (χ4n) is 3.27. The Balaban J connectivity index is 2.08. The molecule has 1 aliphatic heterocycles. The summed E-state index contributed by atoms with van der Waals surface area (Å²) < 4.78 is 5.34.